The molecule has 3 heterocycles. The summed E-state index contributed by atoms with van der Waals surface area (Å²) in [5, 5.41) is 2.92. The van der Waals surface area contributed by atoms with Gasteiger partial charge in [-0.25, -0.2) is 4.98 Å². The highest BCUT2D eigenvalue weighted by Gasteiger charge is 2.30. The Morgan fingerprint density at radius 2 is 1.79 bits per heavy atom. The molecular weight excluding hydrogens is 370 g/mol. The molecule has 2 aliphatic heterocycles. The lowest BCUT2D eigenvalue weighted by Gasteiger charge is -2.26. The van der Waals surface area contributed by atoms with E-state index in [9.17, 15) is 9.59 Å². The summed E-state index contributed by atoms with van der Waals surface area (Å²) < 4.78 is 7.26. The maximum absolute atomic E-state index is 13.0. The fraction of sp³-hybridized carbons (Fsp3) is 0.476. The zero-order chi connectivity index (χ0) is 20.4. The number of nitrogens with zero attached hydrogens (tertiary/aromatic N) is 4. The first kappa shape index (κ1) is 19.4. The summed E-state index contributed by atoms with van der Waals surface area (Å²) in [7, 11) is 3.94. The predicted octanol–water partition coefficient (Wildman–Crippen LogP) is 2.01. The van der Waals surface area contributed by atoms with Crippen molar-refractivity contribution in [2.24, 2.45) is 0 Å². The molecule has 2 aromatic rings. The van der Waals surface area contributed by atoms with Gasteiger partial charge in [0.25, 0.3) is 11.8 Å². The Balaban J connectivity index is 1.58. The van der Waals surface area contributed by atoms with Crippen LogP contribution in [0.2, 0.25) is 0 Å². The van der Waals surface area contributed by atoms with Gasteiger partial charge in [-0.1, -0.05) is 0 Å². The number of carbonyl (C=O) groups is 2. The van der Waals surface area contributed by atoms with E-state index >= 15 is 0 Å². The van der Waals surface area contributed by atoms with Gasteiger partial charge in [0, 0.05) is 45.1 Å². The number of hydrogen-bond acceptors (Lipinski definition) is 5. The van der Waals surface area contributed by atoms with Crippen LogP contribution in [-0.4, -0.2) is 66.7 Å². The van der Waals surface area contributed by atoms with Crippen molar-refractivity contribution in [2.45, 2.75) is 25.8 Å². The molecule has 0 radical (unpaired) electrons. The van der Waals surface area contributed by atoms with Gasteiger partial charge in [-0.2, -0.15) is 0 Å². The first-order valence-corrected chi connectivity index (χ1v) is 10.1. The van der Waals surface area contributed by atoms with Gasteiger partial charge in [0.15, 0.2) is 5.82 Å². The molecule has 29 heavy (non-hydrogen) atoms. The standard InChI is InChI=1S/C21H27N5O3/c1-24(2)16-8-6-15(7-9-16)22-20(27)19-23-18(17-5-3-4-10-26(17)19)21(28)25-11-13-29-14-12-25/h6-9H,3-5,10-14H2,1-2H3,(H,22,27). The van der Waals surface area contributed by atoms with Crippen molar-refractivity contribution < 1.29 is 14.3 Å². The number of fused-ring (bicyclic) bond motifs is 1. The molecule has 0 aliphatic carbocycles. The molecule has 1 N–H and O–H groups in total. The molecule has 8 heteroatoms. The number of hydrogen-bond donors (Lipinski definition) is 1. The largest absolute Gasteiger partial charge is 0.378 e. The van der Waals surface area contributed by atoms with Crippen LogP contribution in [0.15, 0.2) is 24.3 Å². The van der Waals surface area contributed by atoms with Crippen molar-refractivity contribution in [3.05, 3.63) is 41.5 Å². The maximum atomic E-state index is 13.0. The number of imidazole rings is 1. The average molecular weight is 397 g/mol. The Morgan fingerprint density at radius 1 is 1.07 bits per heavy atom. The third kappa shape index (κ3) is 3.98. The minimum atomic E-state index is -0.285. The van der Waals surface area contributed by atoms with E-state index in [0.29, 0.717) is 50.1 Å². The van der Waals surface area contributed by atoms with Gasteiger partial charge in [0.05, 0.1) is 18.9 Å². The van der Waals surface area contributed by atoms with E-state index in [1.165, 1.54) is 0 Å². The number of ether oxygens (including phenoxy) is 1. The highest BCUT2D eigenvalue weighted by Crippen LogP contribution is 2.24. The monoisotopic (exact) mass is 397 g/mol. The molecule has 0 saturated carbocycles. The fourth-order valence-electron chi connectivity index (χ4n) is 3.83. The lowest BCUT2D eigenvalue weighted by Crippen LogP contribution is -2.41. The lowest BCUT2D eigenvalue weighted by atomic mass is 10.1. The lowest BCUT2D eigenvalue weighted by molar-refractivity contribution is 0.0298. The molecule has 0 atom stereocenters. The summed E-state index contributed by atoms with van der Waals surface area (Å²) in [6, 6.07) is 7.63. The van der Waals surface area contributed by atoms with Gasteiger partial charge in [-0.3, -0.25) is 9.59 Å². The number of carbonyl (C=O) groups excluding carboxylic acids is 2. The Kier molecular flexibility index (Phi) is 5.53. The van der Waals surface area contributed by atoms with Gasteiger partial charge in [-0.05, 0) is 43.5 Å². The van der Waals surface area contributed by atoms with E-state index in [4.69, 9.17) is 4.74 Å². The van der Waals surface area contributed by atoms with Crippen LogP contribution in [0.4, 0.5) is 11.4 Å². The van der Waals surface area contributed by atoms with E-state index in [-0.39, 0.29) is 11.8 Å². The highest BCUT2D eigenvalue weighted by molar-refractivity contribution is 6.03. The predicted molar refractivity (Wildman–Crippen MR) is 111 cm³/mol. The summed E-state index contributed by atoms with van der Waals surface area (Å²) in [5.74, 6) is -0.0758. The number of nitrogens with one attached hydrogen (secondary N) is 1. The van der Waals surface area contributed by atoms with Crippen molar-refractivity contribution in [1.82, 2.24) is 14.5 Å². The zero-order valence-corrected chi connectivity index (χ0v) is 17.0. The van der Waals surface area contributed by atoms with Crippen LogP contribution in [0, 0.1) is 0 Å². The summed E-state index contributed by atoms with van der Waals surface area (Å²) in [5.41, 5.74) is 3.05. The SMILES string of the molecule is CN(C)c1ccc(NC(=O)c2nc(C(=O)N3CCOCC3)c3n2CCCC3)cc1. The van der Waals surface area contributed by atoms with Gasteiger partial charge in [0.2, 0.25) is 0 Å². The zero-order valence-electron chi connectivity index (χ0n) is 17.0. The van der Waals surface area contributed by atoms with Crippen molar-refractivity contribution in [2.75, 3.05) is 50.6 Å². The average Bonchev–Trinajstić information content (AvgIpc) is 3.14. The van der Waals surface area contributed by atoms with Crippen LogP contribution in [0.3, 0.4) is 0 Å². The molecule has 0 bridgehead atoms. The Bertz CT molecular complexity index is 898. The van der Waals surface area contributed by atoms with Crippen LogP contribution in [0.25, 0.3) is 0 Å². The van der Waals surface area contributed by atoms with Crippen LogP contribution in [0.5, 0.6) is 0 Å². The van der Waals surface area contributed by atoms with Gasteiger partial charge in [0.1, 0.15) is 5.69 Å². The highest BCUT2D eigenvalue weighted by atomic mass is 16.5. The van der Waals surface area contributed by atoms with Crippen LogP contribution >= 0.6 is 0 Å². The normalized spacial score (nSPS) is 16.3. The number of anilines is 2. The number of benzene rings is 1. The minimum Gasteiger partial charge on any atom is -0.378 e. The number of rotatable bonds is 4. The molecule has 4 rings (SSSR count). The van der Waals surface area contributed by atoms with Gasteiger partial charge >= 0.3 is 0 Å². The summed E-state index contributed by atoms with van der Waals surface area (Å²) in [6.45, 7) is 2.91. The minimum absolute atomic E-state index is 0.103. The molecule has 2 amide bonds. The van der Waals surface area contributed by atoms with E-state index in [1.54, 1.807) is 4.90 Å². The van der Waals surface area contributed by atoms with E-state index in [1.807, 2.05) is 47.8 Å². The third-order valence-electron chi connectivity index (χ3n) is 5.46. The quantitative estimate of drug-likeness (QED) is 0.854. The molecule has 0 spiro atoms. The Labute approximate surface area is 170 Å². The number of aromatic nitrogens is 2. The number of morpholine rings is 1. The molecule has 1 aromatic carbocycles. The fourth-order valence-corrected chi connectivity index (χ4v) is 3.83. The summed E-state index contributed by atoms with van der Waals surface area (Å²) in [4.78, 5) is 34.3. The van der Waals surface area contributed by atoms with E-state index < -0.39 is 0 Å². The van der Waals surface area contributed by atoms with Gasteiger partial charge in [-0.15, -0.1) is 0 Å². The van der Waals surface area contributed by atoms with Gasteiger partial charge < -0.3 is 24.4 Å². The molecule has 2 aliphatic rings. The second kappa shape index (κ2) is 8.24. The number of amides is 2. The van der Waals surface area contributed by atoms with Crippen molar-refractivity contribution in [3.63, 3.8) is 0 Å². The molecule has 154 valence electrons. The summed E-state index contributed by atoms with van der Waals surface area (Å²) >= 11 is 0. The molecule has 8 nitrogen and oxygen atoms in total. The Hall–Kier alpha value is -2.87. The van der Waals surface area contributed by atoms with Crippen LogP contribution in [0.1, 0.15) is 39.6 Å². The maximum Gasteiger partial charge on any atom is 0.291 e. The van der Waals surface area contributed by atoms with Crippen LogP contribution in [-0.2, 0) is 17.7 Å². The van der Waals surface area contributed by atoms with Crippen molar-refractivity contribution in [3.8, 4) is 0 Å². The second-order valence-electron chi connectivity index (χ2n) is 7.64. The van der Waals surface area contributed by atoms with E-state index in [0.717, 1.165) is 30.6 Å². The summed E-state index contributed by atoms with van der Waals surface area (Å²) in [6.07, 6.45) is 2.75. The molecule has 1 saturated heterocycles. The Morgan fingerprint density at radius 3 is 2.48 bits per heavy atom. The molecule has 1 fully saturated rings. The van der Waals surface area contributed by atoms with Crippen LogP contribution < -0.4 is 10.2 Å². The third-order valence-corrected chi connectivity index (χ3v) is 5.46. The smallest absolute Gasteiger partial charge is 0.291 e. The topological polar surface area (TPSA) is 79.7 Å². The molecule has 0 unspecified atom stereocenters. The first-order valence-electron chi connectivity index (χ1n) is 10.1. The second-order valence-corrected chi connectivity index (χ2v) is 7.64. The van der Waals surface area contributed by atoms with E-state index in [2.05, 4.69) is 10.3 Å². The van der Waals surface area contributed by atoms with Crippen molar-refractivity contribution in [1.29, 1.82) is 0 Å². The molecular formula is C21H27N5O3. The van der Waals surface area contributed by atoms with Crippen molar-refractivity contribution >= 4 is 23.2 Å². The first-order chi connectivity index (χ1) is 14.0. The molecule has 1 aromatic heterocycles.